The number of hydrogen-bond donors (Lipinski definition) is 1. The first kappa shape index (κ1) is 13.9. The summed E-state index contributed by atoms with van der Waals surface area (Å²) < 4.78 is 1.38. The van der Waals surface area contributed by atoms with Crippen molar-refractivity contribution < 1.29 is 4.79 Å². The molecule has 0 fully saturated rings. The first-order chi connectivity index (χ1) is 10.6. The van der Waals surface area contributed by atoms with Crippen LogP contribution in [0.2, 0.25) is 0 Å². The maximum atomic E-state index is 12.4. The third-order valence-electron chi connectivity index (χ3n) is 3.25. The van der Waals surface area contributed by atoms with Crippen LogP contribution in [0.4, 0.5) is 0 Å². The van der Waals surface area contributed by atoms with Crippen molar-refractivity contribution in [3.63, 3.8) is 0 Å². The molecular weight excluding hydrogens is 280 g/mol. The average molecular weight is 294 g/mol. The van der Waals surface area contributed by atoms with Gasteiger partial charge in [0.1, 0.15) is 11.2 Å². The van der Waals surface area contributed by atoms with E-state index in [9.17, 15) is 9.59 Å². The van der Waals surface area contributed by atoms with E-state index in [1.54, 1.807) is 30.6 Å². The predicted molar refractivity (Wildman–Crippen MR) is 81.6 cm³/mol. The molecule has 0 aliphatic carbocycles. The van der Waals surface area contributed by atoms with Crippen LogP contribution in [0.15, 0.2) is 53.7 Å². The number of amides is 1. The molecule has 3 aromatic rings. The van der Waals surface area contributed by atoms with Crippen molar-refractivity contribution in [1.82, 2.24) is 19.7 Å². The van der Waals surface area contributed by atoms with Gasteiger partial charge in [-0.25, -0.2) is 4.98 Å². The Bertz CT molecular complexity index is 888. The van der Waals surface area contributed by atoms with Gasteiger partial charge in [-0.1, -0.05) is 12.1 Å². The summed E-state index contributed by atoms with van der Waals surface area (Å²) >= 11 is 0. The molecule has 1 N–H and O–H groups in total. The lowest BCUT2D eigenvalue weighted by atomic mass is 10.2. The SMILES string of the molecule is Cc1ccc2ncc(C(=O)NCc3ccccn3)c(=O)n2c1. The number of pyridine rings is 2. The fraction of sp³-hybridized carbons (Fsp3) is 0.125. The number of carbonyl (C=O) groups excluding carboxylic acids is 1. The lowest BCUT2D eigenvalue weighted by Gasteiger charge is -2.06. The summed E-state index contributed by atoms with van der Waals surface area (Å²) in [6.07, 6.45) is 4.62. The molecule has 0 aliphatic rings. The zero-order valence-corrected chi connectivity index (χ0v) is 12.0. The Balaban J connectivity index is 1.88. The van der Waals surface area contributed by atoms with Crippen LogP contribution in [-0.2, 0) is 6.54 Å². The van der Waals surface area contributed by atoms with Crippen LogP contribution in [0.5, 0.6) is 0 Å². The van der Waals surface area contributed by atoms with Crippen molar-refractivity contribution in [2.45, 2.75) is 13.5 Å². The molecule has 6 nitrogen and oxygen atoms in total. The lowest BCUT2D eigenvalue weighted by molar-refractivity contribution is 0.0948. The number of nitrogens with one attached hydrogen (secondary N) is 1. The summed E-state index contributed by atoms with van der Waals surface area (Å²) in [6, 6.07) is 9.04. The standard InChI is InChI=1S/C16H14N4O2/c1-11-5-6-14-18-9-13(16(22)20(14)10-11)15(21)19-8-12-4-2-3-7-17-12/h2-7,9-10H,8H2,1H3,(H,19,21). The molecule has 0 spiro atoms. The monoisotopic (exact) mass is 294 g/mol. The van der Waals surface area contributed by atoms with E-state index in [2.05, 4.69) is 15.3 Å². The average Bonchev–Trinajstić information content (AvgIpc) is 2.54. The van der Waals surface area contributed by atoms with Gasteiger partial charge in [0, 0.05) is 18.6 Å². The third-order valence-corrected chi connectivity index (χ3v) is 3.25. The highest BCUT2D eigenvalue weighted by molar-refractivity contribution is 5.93. The molecule has 0 bridgehead atoms. The van der Waals surface area contributed by atoms with E-state index in [1.165, 1.54) is 10.6 Å². The van der Waals surface area contributed by atoms with Crippen molar-refractivity contribution in [3.05, 3.63) is 76.1 Å². The fourth-order valence-electron chi connectivity index (χ4n) is 2.11. The maximum absolute atomic E-state index is 12.4. The minimum atomic E-state index is -0.459. The number of fused-ring (bicyclic) bond motifs is 1. The van der Waals surface area contributed by atoms with Crippen molar-refractivity contribution >= 4 is 11.6 Å². The molecule has 110 valence electrons. The van der Waals surface area contributed by atoms with Crippen molar-refractivity contribution in [2.75, 3.05) is 0 Å². The van der Waals surface area contributed by atoms with Crippen LogP contribution in [0.1, 0.15) is 21.6 Å². The molecule has 0 radical (unpaired) electrons. The van der Waals surface area contributed by atoms with Gasteiger partial charge in [0.2, 0.25) is 0 Å². The number of rotatable bonds is 3. The van der Waals surface area contributed by atoms with E-state index in [-0.39, 0.29) is 17.7 Å². The molecular formula is C16H14N4O2. The Morgan fingerprint density at radius 3 is 2.86 bits per heavy atom. The van der Waals surface area contributed by atoms with E-state index in [0.29, 0.717) is 5.65 Å². The van der Waals surface area contributed by atoms with Gasteiger partial charge < -0.3 is 5.32 Å². The molecule has 3 heterocycles. The summed E-state index contributed by atoms with van der Waals surface area (Å²) in [7, 11) is 0. The topological polar surface area (TPSA) is 76.4 Å². The van der Waals surface area contributed by atoms with Crippen LogP contribution in [0, 0.1) is 6.92 Å². The summed E-state index contributed by atoms with van der Waals surface area (Å²) in [5.41, 5.74) is 1.78. The van der Waals surface area contributed by atoms with E-state index >= 15 is 0 Å². The molecule has 3 aromatic heterocycles. The summed E-state index contributed by atoms with van der Waals surface area (Å²) in [4.78, 5) is 32.8. The van der Waals surface area contributed by atoms with Gasteiger partial charge in [0.05, 0.1) is 12.2 Å². The molecule has 0 saturated carbocycles. The molecule has 0 aromatic carbocycles. The lowest BCUT2D eigenvalue weighted by Crippen LogP contribution is -2.31. The number of carbonyl (C=O) groups is 1. The van der Waals surface area contributed by atoms with E-state index in [0.717, 1.165) is 11.3 Å². The molecule has 0 saturated heterocycles. The highest BCUT2D eigenvalue weighted by Gasteiger charge is 2.13. The van der Waals surface area contributed by atoms with E-state index in [4.69, 9.17) is 0 Å². The largest absolute Gasteiger partial charge is 0.346 e. The number of hydrogen-bond acceptors (Lipinski definition) is 4. The Kier molecular flexibility index (Phi) is 3.65. The van der Waals surface area contributed by atoms with Crippen LogP contribution >= 0.6 is 0 Å². The Hall–Kier alpha value is -3.02. The normalized spacial score (nSPS) is 10.6. The zero-order valence-electron chi connectivity index (χ0n) is 12.0. The minimum absolute atomic E-state index is 0.0130. The van der Waals surface area contributed by atoms with Crippen molar-refractivity contribution in [1.29, 1.82) is 0 Å². The second-order valence-corrected chi connectivity index (χ2v) is 4.92. The Morgan fingerprint density at radius 2 is 2.09 bits per heavy atom. The zero-order chi connectivity index (χ0) is 15.5. The van der Waals surface area contributed by atoms with Crippen LogP contribution < -0.4 is 10.9 Å². The maximum Gasteiger partial charge on any atom is 0.270 e. The molecule has 0 atom stereocenters. The molecule has 3 rings (SSSR count). The molecule has 0 unspecified atom stereocenters. The Morgan fingerprint density at radius 1 is 1.23 bits per heavy atom. The molecule has 22 heavy (non-hydrogen) atoms. The highest BCUT2D eigenvalue weighted by Crippen LogP contribution is 2.02. The number of aryl methyl sites for hydroxylation is 1. The Labute approximate surface area is 126 Å². The van der Waals surface area contributed by atoms with Crippen LogP contribution in [0.25, 0.3) is 5.65 Å². The van der Waals surface area contributed by atoms with Gasteiger partial charge in [0.15, 0.2) is 0 Å². The highest BCUT2D eigenvalue weighted by atomic mass is 16.2. The molecule has 6 heteroatoms. The smallest absolute Gasteiger partial charge is 0.270 e. The quantitative estimate of drug-likeness (QED) is 0.790. The second kappa shape index (κ2) is 5.77. The van der Waals surface area contributed by atoms with Crippen LogP contribution in [0.3, 0.4) is 0 Å². The van der Waals surface area contributed by atoms with Gasteiger partial charge in [0.25, 0.3) is 11.5 Å². The van der Waals surface area contributed by atoms with Gasteiger partial charge in [-0.3, -0.25) is 19.0 Å². The third kappa shape index (κ3) is 2.71. The van der Waals surface area contributed by atoms with Gasteiger partial charge >= 0.3 is 0 Å². The number of aromatic nitrogens is 3. The van der Waals surface area contributed by atoms with Crippen LogP contribution in [-0.4, -0.2) is 20.3 Å². The van der Waals surface area contributed by atoms with Gasteiger partial charge in [-0.05, 0) is 30.7 Å². The van der Waals surface area contributed by atoms with Crippen molar-refractivity contribution in [3.8, 4) is 0 Å². The number of nitrogens with zero attached hydrogens (tertiary/aromatic N) is 3. The van der Waals surface area contributed by atoms with Gasteiger partial charge in [-0.15, -0.1) is 0 Å². The summed E-state index contributed by atoms with van der Waals surface area (Å²) in [6.45, 7) is 2.13. The predicted octanol–water partition coefficient (Wildman–Crippen LogP) is 1.33. The van der Waals surface area contributed by atoms with E-state index < -0.39 is 5.91 Å². The second-order valence-electron chi connectivity index (χ2n) is 4.92. The molecule has 0 aliphatic heterocycles. The summed E-state index contributed by atoms with van der Waals surface area (Å²) in [5.74, 6) is -0.459. The van der Waals surface area contributed by atoms with Crippen molar-refractivity contribution in [2.24, 2.45) is 0 Å². The summed E-state index contributed by atoms with van der Waals surface area (Å²) in [5, 5.41) is 2.68. The first-order valence-electron chi connectivity index (χ1n) is 6.81. The molecule has 1 amide bonds. The first-order valence-corrected chi connectivity index (χ1v) is 6.81. The fourth-order valence-corrected chi connectivity index (χ4v) is 2.11. The minimum Gasteiger partial charge on any atom is -0.346 e. The van der Waals surface area contributed by atoms with Gasteiger partial charge in [-0.2, -0.15) is 0 Å². The van der Waals surface area contributed by atoms with E-state index in [1.807, 2.05) is 19.1 Å².